The first-order valence-electron chi connectivity index (χ1n) is 20.6. The zero-order valence-electron chi connectivity index (χ0n) is 32.7. The quantitative estimate of drug-likeness (QED) is 0.175. The number of rotatable bonds is 5. The van der Waals surface area contributed by atoms with Gasteiger partial charge in [0.1, 0.15) is 11.5 Å². The molecule has 0 saturated carbocycles. The molecule has 0 bridgehead atoms. The summed E-state index contributed by atoms with van der Waals surface area (Å²) in [5, 5.41) is 0. The Morgan fingerprint density at radius 3 is 1.70 bits per heavy atom. The van der Waals surface area contributed by atoms with Crippen LogP contribution in [0.4, 0.5) is 0 Å². The molecule has 0 fully saturated rings. The van der Waals surface area contributed by atoms with Crippen LogP contribution >= 0.6 is 0 Å². The predicted molar refractivity (Wildman–Crippen MR) is 242 cm³/mol. The maximum atomic E-state index is 6.95. The van der Waals surface area contributed by atoms with Crippen molar-refractivity contribution in [2.75, 3.05) is 0 Å². The molecule has 2 aliphatic carbocycles. The Hall–Kier alpha value is -7.69. The molecule has 4 nitrogen and oxygen atoms in total. The van der Waals surface area contributed by atoms with Crippen molar-refractivity contribution in [3.63, 3.8) is 0 Å². The van der Waals surface area contributed by atoms with Gasteiger partial charge in [-0.3, -0.25) is 4.98 Å². The van der Waals surface area contributed by atoms with Gasteiger partial charge in [0.2, 0.25) is 0 Å². The molecule has 12 rings (SSSR count). The normalized spacial score (nSPS) is 13.7. The number of hydrogen-bond donors (Lipinski definition) is 0. The fraction of sp³-hybridized carbons (Fsp3) is 0.0536. The Morgan fingerprint density at radius 2 is 1.00 bits per heavy atom. The average Bonchev–Trinajstić information content (AvgIpc) is 3.62. The summed E-state index contributed by atoms with van der Waals surface area (Å²) in [6.45, 7) is 0. The van der Waals surface area contributed by atoms with Gasteiger partial charge >= 0.3 is 0 Å². The molecule has 1 spiro atoms. The van der Waals surface area contributed by atoms with Gasteiger partial charge in [-0.25, -0.2) is 9.97 Å². The Labute approximate surface area is 349 Å². The van der Waals surface area contributed by atoms with E-state index in [1.54, 1.807) is 0 Å². The van der Waals surface area contributed by atoms with E-state index in [2.05, 4.69) is 175 Å². The lowest BCUT2D eigenvalue weighted by molar-refractivity contribution is 0.436. The van der Waals surface area contributed by atoms with Crippen LogP contribution in [0.15, 0.2) is 194 Å². The SMILES string of the molecule is C1=Cc2c(-c3ccc(-c4ccc5c(c4)C4(c6cc(-c7cc(-c8ccccc8)nc(-c8ccccc8)n7)ccc6O5)c5ccccc5-c5ccccc54)cc3)ccnc2CC1. The summed E-state index contributed by atoms with van der Waals surface area (Å²) in [6.07, 6.45) is 8.45. The second kappa shape index (κ2) is 13.7. The maximum Gasteiger partial charge on any atom is 0.160 e. The number of hydrogen-bond acceptors (Lipinski definition) is 4. The molecule has 1 aliphatic heterocycles. The highest BCUT2D eigenvalue weighted by molar-refractivity contribution is 5.90. The van der Waals surface area contributed by atoms with Gasteiger partial charge < -0.3 is 4.74 Å². The first kappa shape index (κ1) is 34.4. The van der Waals surface area contributed by atoms with E-state index in [4.69, 9.17) is 14.7 Å². The highest BCUT2D eigenvalue weighted by Gasteiger charge is 2.51. The summed E-state index contributed by atoms with van der Waals surface area (Å²) in [4.78, 5) is 15.0. The van der Waals surface area contributed by atoms with Gasteiger partial charge in [-0.05, 0) is 99.8 Å². The molecule has 0 atom stereocenters. The smallest absolute Gasteiger partial charge is 0.160 e. The molecule has 60 heavy (non-hydrogen) atoms. The Balaban J connectivity index is 1.05. The van der Waals surface area contributed by atoms with Crippen LogP contribution in [-0.4, -0.2) is 15.0 Å². The lowest BCUT2D eigenvalue weighted by Gasteiger charge is -2.40. The zero-order valence-corrected chi connectivity index (χ0v) is 32.7. The number of benzene rings is 7. The van der Waals surface area contributed by atoms with Crippen LogP contribution in [-0.2, 0) is 11.8 Å². The Kier molecular flexibility index (Phi) is 7.85. The van der Waals surface area contributed by atoms with Crippen molar-refractivity contribution < 1.29 is 4.74 Å². The summed E-state index contributed by atoms with van der Waals surface area (Å²) < 4.78 is 6.95. The van der Waals surface area contributed by atoms with Crippen molar-refractivity contribution in [2.24, 2.45) is 0 Å². The summed E-state index contributed by atoms with van der Waals surface area (Å²) in [5.41, 5.74) is 18.4. The van der Waals surface area contributed by atoms with Gasteiger partial charge in [-0.1, -0.05) is 152 Å². The molecular weight excluding hydrogens is 731 g/mol. The van der Waals surface area contributed by atoms with E-state index < -0.39 is 5.41 Å². The first-order valence-corrected chi connectivity index (χ1v) is 20.6. The highest BCUT2D eigenvalue weighted by Crippen LogP contribution is 2.62. The third-order valence-corrected chi connectivity index (χ3v) is 12.5. The zero-order chi connectivity index (χ0) is 39.6. The number of aromatic nitrogens is 3. The number of allylic oxidation sites excluding steroid dienone is 1. The van der Waals surface area contributed by atoms with E-state index in [1.807, 2.05) is 30.5 Å². The number of aryl methyl sites for hydroxylation is 1. The fourth-order valence-corrected chi connectivity index (χ4v) is 9.73. The van der Waals surface area contributed by atoms with Gasteiger partial charge in [0.15, 0.2) is 5.82 Å². The monoisotopic (exact) mass is 767 g/mol. The Bertz CT molecular complexity index is 3070. The van der Waals surface area contributed by atoms with E-state index >= 15 is 0 Å². The van der Waals surface area contributed by atoms with Crippen LogP contribution in [0.25, 0.3) is 73.4 Å². The number of nitrogens with zero attached hydrogens (tertiary/aromatic N) is 3. The molecule has 9 aromatic rings. The van der Waals surface area contributed by atoms with Crippen LogP contribution in [0.5, 0.6) is 11.5 Å². The molecular formula is C56H37N3O. The van der Waals surface area contributed by atoms with Crippen LogP contribution in [0, 0.1) is 0 Å². The van der Waals surface area contributed by atoms with Gasteiger partial charge in [0.25, 0.3) is 0 Å². The molecule has 3 heterocycles. The third-order valence-electron chi connectivity index (χ3n) is 12.5. The molecule has 7 aromatic carbocycles. The summed E-state index contributed by atoms with van der Waals surface area (Å²) in [5.74, 6) is 2.38. The minimum atomic E-state index is -0.651. The van der Waals surface area contributed by atoms with Crippen LogP contribution < -0.4 is 4.74 Å². The average molecular weight is 768 g/mol. The lowest BCUT2D eigenvalue weighted by atomic mass is 9.65. The largest absolute Gasteiger partial charge is 0.457 e. The van der Waals surface area contributed by atoms with Crippen molar-refractivity contribution in [3.05, 3.63) is 228 Å². The fourth-order valence-electron chi connectivity index (χ4n) is 9.73. The highest BCUT2D eigenvalue weighted by atomic mass is 16.5. The molecule has 4 heteroatoms. The first-order chi connectivity index (χ1) is 29.7. The molecule has 2 aromatic heterocycles. The van der Waals surface area contributed by atoms with Crippen LogP contribution in [0.1, 0.15) is 39.9 Å². The van der Waals surface area contributed by atoms with E-state index in [9.17, 15) is 0 Å². The van der Waals surface area contributed by atoms with Crippen LogP contribution in [0.2, 0.25) is 0 Å². The molecule has 282 valence electrons. The molecule has 0 N–H and O–H groups in total. The second-order valence-corrected chi connectivity index (χ2v) is 15.8. The van der Waals surface area contributed by atoms with Crippen molar-refractivity contribution in [1.29, 1.82) is 0 Å². The molecule has 0 amide bonds. The van der Waals surface area contributed by atoms with Crippen molar-refractivity contribution in [2.45, 2.75) is 18.3 Å². The molecule has 0 saturated heterocycles. The van der Waals surface area contributed by atoms with E-state index in [-0.39, 0.29) is 0 Å². The van der Waals surface area contributed by atoms with Gasteiger partial charge in [-0.15, -0.1) is 0 Å². The van der Waals surface area contributed by atoms with Crippen molar-refractivity contribution in [1.82, 2.24) is 15.0 Å². The van der Waals surface area contributed by atoms with E-state index in [1.165, 1.54) is 44.6 Å². The topological polar surface area (TPSA) is 47.9 Å². The maximum absolute atomic E-state index is 6.95. The summed E-state index contributed by atoms with van der Waals surface area (Å²) in [6, 6.07) is 64.9. The number of ether oxygens (including phenoxy) is 1. The van der Waals surface area contributed by atoms with E-state index in [0.717, 1.165) is 74.7 Å². The van der Waals surface area contributed by atoms with Gasteiger partial charge in [0.05, 0.1) is 16.8 Å². The molecule has 3 aliphatic rings. The standard InChI is InChI=1S/C56H37N3O/c1-3-13-38(14-4-1)51-35-52(59-55(58-51)39-15-5-2-6-16-39)41-28-30-54-49(34-41)56(46-20-10-7-17-43(46)44-18-8-11-21-47(44)56)48-33-40(27-29-53(48)60-54)36-23-25-37(26-24-36)42-31-32-57-50-22-12-9-19-45(42)50/h1-11,13-21,23-35H,12,22H2. The summed E-state index contributed by atoms with van der Waals surface area (Å²) in [7, 11) is 0. The van der Waals surface area contributed by atoms with Gasteiger partial charge in [0, 0.05) is 45.3 Å². The van der Waals surface area contributed by atoms with E-state index in [0.29, 0.717) is 5.82 Å². The minimum Gasteiger partial charge on any atom is -0.457 e. The molecule has 0 unspecified atom stereocenters. The summed E-state index contributed by atoms with van der Waals surface area (Å²) >= 11 is 0. The van der Waals surface area contributed by atoms with Crippen molar-refractivity contribution >= 4 is 6.08 Å². The lowest BCUT2D eigenvalue weighted by Crippen LogP contribution is -2.32. The Morgan fingerprint density at radius 1 is 0.433 bits per heavy atom. The number of fused-ring (bicyclic) bond motifs is 10. The molecule has 0 radical (unpaired) electrons. The number of pyridine rings is 1. The van der Waals surface area contributed by atoms with Gasteiger partial charge in [-0.2, -0.15) is 0 Å². The predicted octanol–water partition coefficient (Wildman–Crippen LogP) is 13.6. The van der Waals surface area contributed by atoms with Crippen molar-refractivity contribution in [3.8, 4) is 78.8 Å². The van der Waals surface area contributed by atoms with Crippen LogP contribution in [0.3, 0.4) is 0 Å². The second-order valence-electron chi connectivity index (χ2n) is 15.8. The minimum absolute atomic E-state index is 0.651. The third kappa shape index (κ3) is 5.34.